The van der Waals surface area contributed by atoms with Crippen molar-refractivity contribution in [2.24, 2.45) is 0 Å². The first-order valence-electron chi connectivity index (χ1n) is 6.71. The topological polar surface area (TPSA) is 42.0 Å². The molecule has 0 saturated heterocycles. The average molecular weight is 375 g/mol. The van der Waals surface area contributed by atoms with Gasteiger partial charge in [0.15, 0.2) is 4.34 Å². The summed E-state index contributed by atoms with van der Waals surface area (Å²) < 4.78 is 0.900. The number of aromatic nitrogens is 1. The minimum Gasteiger partial charge on any atom is -0.349 e. The van der Waals surface area contributed by atoms with Crippen LogP contribution in [-0.4, -0.2) is 16.1 Å². The summed E-state index contributed by atoms with van der Waals surface area (Å²) in [6.45, 7) is 5.71. The molecule has 118 valence electrons. The van der Waals surface area contributed by atoms with Gasteiger partial charge in [-0.2, -0.15) is 0 Å². The van der Waals surface area contributed by atoms with E-state index < -0.39 is 0 Å². The second-order valence-electron chi connectivity index (χ2n) is 4.91. The lowest BCUT2D eigenvalue weighted by molar-refractivity contribution is -0.120. The molecule has 0 aliphatic heterocycles. The molecule has 1 heterocycles. The standard InChI is InChI=1S/C15H16Cl2N2OS2/c1-8-7-21-15(18-8)22-10(3)14(20)19-9(2)12-5-4-11(16)6-13(12)17/h4-7,9-10H,1-3H3,(H,19,20)/t9-,10-/m0/s1. The van der Waals surface area contributed by atoms with Gasteiger partial charge in [0.05, 0.1) is 11.3 Å². The molecular weight excluding hydrogens is 359 g/mol. The number of benzene rings is 1. The van der Waals surface area contributed by atoms with Crippen LogP contribution in [0.5, 0.6) is 0 Å². The van der Waals surface area contributed by atoms with Gasteiger partial charge in [-0.05, 0) is 38.5 Å². The largest absolute Gasteiger partial charge is 0.349 e. The smallest absolute Gasteiger partial charge is 0.233 e. The van der Waals surface area contributed by atoms with E-state index in [1.165, 1.54) is 11.8 Å². The molecule has 0 spiro atoms. The predicted octanol–water partition coefficient (Wildman–Crippen LogP) is 5.12. The number of hydrogen-bond acceptors (Lipinski definition) is 4. The van der Waals surface area contributed by atoms with E-state index in [-0.39, 0.29) is 17.2 Å². The SMILES string of the molecule is Cc1csc(S[C@@H](C)C(=O)N[C@@H](C)c2ccc(Cl)cc2Cl)n1. The third kappa shape index (κ3) is 4.62. The molecule has 0 aliphatic rings. The highest BCUT2D eigenvalue weighted by molar-refractivity contribution is 8.02. The number of nitrogens with zero attached hydrogens (tertiary/aromatic N) is 1. The van der Waals surface area contributed by atoms with E-state index in [1.54, 1.807) is 23.5 Å². The lowest BCUT2D eigenvalue weighted by Crippen LogP contribution is -2.33. The van der Waals surface area contributed by atoms with E-state index in [9.17, 15) is 4.79 Å². The van der Waals surface area contributed by atoms with Gasteiger partial charge in [0.1, 0.15) is 0 Å². The number of amides is 1. The maximum Gasteiger partial charge on any atom is 0.233 e. The zero-order valence-electron chi connectivity index (χ0n) is 12.4. The maximum atomic E-state index is 12.3. The van der Waals surface area contributed by atoms with Crippen LogP contribution in [0.4, 0.5) is 0 Å². The summed E-state index contributed by atoms with van der Waals surface area (Å²) in [7, 11) is 0. The monoisotopic (exact) mass is 374 g/mol. The highest BCUT2D eigenvalue weighted by atomic mass is 35.5. The third-order valence-corrected chi connectivity index (χ3v) is 5.78. The summed E-state index contributed by atoms with van der Waals surface area (Å²) in [5.41, 5.74) is 1.82. The van der Waals surface area contributed by atoms with Crippen LogP contribution < -0.4 is 5.32 Å². The van der Waals surface area contributed by atoms with E-state index in [0.29, 0.717) is 10.0 Å². The lowest BCUT2D eigenvalue weighted by atomic mass is 10.1. The van der Waals surface area contributed by atoms with Crippen LogP contribution in [0.2, 0.25) is 10.0 Å². The van der Waals surface area contributed by atoms with E-state index in [2.05, 4.69) is 10.3 Å². The van der Waals surface area contributed by atoms with Crippen LogP contribution in [-0.2, 0) is 4.79 Å². The normalized spacial score (nSPS) is 13.7. The molecule has 1 aromatic carbocycles. The molecule has 1 aromatic heterocycles. The molecule has 7 heteroatoms. The second kappa shape index (κ2) is 7.68. The number of nitrogens with one attached hydrogen (secondary N) is 1. The first-order valence-corrected chi connectivity index (χ1v) is 9.22. The Kier molecular flexibility index (Phi) is 6.15. The Hall–Kier alpha value is -0.750. The third-order valence-electron chi connectivity index (χ3n) is 3.03. The van der Waals surface area contributed by atoms with Crippen molar-refractivity contribution >= 4 is 52.2 Å². The molecule has 0 bridgehead atoms. The zero-order chi connectivity index (χ0) is 16.3. The summed E-state index contributed by atoms with van der Waals surface area (Å²) in [4.78, 5) is 16.7. The van der Waals surface area contributed by atoms with Gasteiger partial charge in [0, 0.05) is 21.1 Å². The molecule has 0 saturated carbocycles. The molecule has 2 aromatic rings. The molecule has 2 rings (SSSR count). The molecule has 0 aliphatic carbocycles. The Morgan fingerprint density at radius 2 is 2.09 bits per heavy atom. The molecule has 3 nitrogen and oxygen atoms in total. The number of hydrogen-bond donors (Lipinski definition) is 1. The van der Waals surface area contributed by atoms with Crippen molar-refractivity contribution in [3.05, 3.63) is 44.9 Å². The molecular formula is C15H16Cl2N2OS2. The quantitative estimate of drug-likeness (QED) is 0.738. The number of thioether (sulfide) groups is 1. The average Bonchev–Trinajstić information content (AvgIpc) is 2.83. The number of carbonyl (C=O) groups excluding carboxylic acids is 1. The molecule has 2 atom stereocenters. The lowest BCUT2D eigenvalue weighted by Gasteiger charge is -2.18. The molecule has 0 unspecified atom stereocenters. The van der Waals surface area contributed by atoms with Crippen molar-refractivity contribution in [3.63, 3.8) is 0 Å². The minimum atomic E-state index is -0.223. The van der Waals surface area contributed by atoms with E-state index >= 15 is 0 Å². The van der Waals surface area contributed by atoms with E-state index in [4.69, 9.17) is 23.2 Å². The first kappa shape index (κ1) is 17.6. The van der Waals surface area contributed by atoms with E-state index in [0.717, 1.165) is 15.6 Å². The Labute approximate surface area is 148 Å². The van der Waals surface area contributed by atoms with Crippen molar-refractivity contribution in [2.45, 2.75) is 36.4 Å². The van der Waals surface area contributed by atoms with E-state index in [1.807, 2.05) is 32.2 Å². The molecule has 22 heavy (non-hydrogen) atoms. The van der Waals surface area contributed by atoms with Crippen LogP contribution in [0.25, 0.3) is 0 Å². The predicted molar refractivity (Wildman–Crippen MR) is 95.2 cm³/mol. The van der Waals surface area contributed by atoms with Crippen LogP contribution in [0.1, 0.15) is 31.1 Å². The second-order valence-corrected chi connectivity index (χ2v) is 8.20. The number of thiazole rings is 1. The van der Waals surface area contributed by atoms with Gasteiger partial charge in [-0.15, -0.1) is 11.3 Å². The van der Waals surface area contributed by atoms with Gasteiger partial charge in [-0.25, -0.2) is 4.98 Å². The molecule has 1 amide bonds. The van der Waals surface area contributed by atoms with Crippen LogP contribution >= 0.6 is 46.3 Å². The van der Waals surface area contributed by atoms with Crippen molar-refractivity contribution in [1.29, 1.82) is 0 Å². The Bertz CT molecular complexity index is 675. The molecule has 1 N–H and O–H groups in total. The molecule has 0 radical (unpaired) electrons. The Morgan fingerprint density at radius 3 is 2.68 bits per heavy atom. The van der Waals surface area contributed by atoms with Crippen LogP contribution in [0.15, 0.2) is 27.9 Å². The fourth-order valence-corrected chi connectivity index (χ4v) is 4.42. The molecule has 0 fully saturated rings. The van der Waals surface area contributed by atoms with Crippen molar-refractivity contribution in [1.82, 2.24) is 10.3 Å². The number of halogens is 2. The highest BCUT2D eigenvalue weighted by Gasteiger charge is 2.19. The summed E-state index contributed by atoms with van der Waals surface area (Å²) >= 11 is 15.1. The number of rotatable bonds is 5. The summed E-state index contributed by atoms with van der Waals surface area (Å²) in [6.07, 6.45) is 0. The highest BCUT2D eigenvalue weighted by Crippen LogP contribution is 2.29. The minimum absolute atomic E-state index is 0.0450. The summed E-state index contributed by atoms with van der Waals surface area (Å²) in [5, 5.41) is 5.86. The van der Waals surface area contributed by atoms with Crippen LogP contribution in [0.3, 0.4) is 0 Å². The van der Waals surface area contributed by atoms with Crippen molar-refractivity contribution in [3.8, 4) is 0 Å². The van der Waals surface area contributed by atoms with Crippen molar-refractivity contribution in [2.75, 3.05) is 0 Å². The fourth-order valence-electron chi connectivity index (χ4n) is 1.85. The van der Waals surface area contributed by atoms with Gasteiger partial charge in [0.2, 0.25) is 5.91 Å². The van der Waals surface area contributed by atoms with Gasteiger partial charge in [0.25, 0.3) is 0 Å². The Balaban J connectivity index is 1.98. The van der Waals surface area contributed by atoms with Gasteiger partial charge < -0.3 is 5.32 Å². The Morgan fingerprint density at radius 1 is 1.36 bits per heavy atom. The fraction of sp³-hybridized carbons (Fsp3) is 0.333. The summed E-state index contributed by atoms with van der Waals surface area (Å²) in [5.74, 6) is -0.0450. The summed E-state index contributed by atoms with van der Waals surface area (Å²) in [6, 6.07) is 5.09. The van der Waals surface area contributed by atoms with Crippen LogP contribution in [0, 0.1) is 6.92 Å². The van der Waals surface area contributed by atoms with Crippen molar-refractivity contribution < 1.29 is 4.79 Å². The van der Waals surface area contributed by atoms with Gasteiger partial charge >= 0.3 is 0 Å². The van der Waals surface area contributed by atoms with Gasteiger partial charge in [-0.1, -0.05) is 41.0 Å². The maximum absolute atomic E-state index is 12.3. The van der Waals surface area contributed by atoms with Gasteiger partial charge in [-0.3, -0.25) is 4.79 Å². The number of carbonyl (C=O) groups is 1. The first-order chi connectivity index (χ1) is 10.4. The zero-order valence-corrected chi connectivity index (χ0v) is 15.5. The number of aryl methyl sites for hydroxylation is 1.